The molecule has 0 saturated heterocycles. The van der Waals surface area contributed by atoms with Crippen LogP contribution in [0, 0.1) is 0 Å². The first-order valence-electron chi connectivity index (χ1n) is 6.88. The molecular formula is C14H19N5O2. The fourth-order valence-electron chi connectivity index (χ4n) is 1.94. The van der Waals surface area contributed by atoms with E-state index in [2.05, 4.69) is 15.1 Å². The van der Waals surface area contributed by atoms with Gasteiger partial charge in [0.2, 0.25) is 11.7 Å². The fraction of sp³-hybridized carbons (Fsp3) is 0.429. The second-order valence-electron chi connectivity index (χ2n) is 4.56. The van der Waals surface area contributed by atoms with Crippen LogP contribution in [0.25, 0.3) is 11.4 Å². The van der Waals surface area contributed by atoms with Gasteiger partial charge in [0.15, 0.2) is 0 Å². The van der Waals surface area contributed by atoms with Gasteiger partial charge >= 0.3 is 6.03 Å². The summed E-state index contributed by atoms with van der Waals surface area (Å²) in [6.45, 7) is 5.52. The van der Waals surface area contributed by atoms with Crippen LogP contribution in [0.3, 0.4) is 0 Å². The highest BCUT2D eigenvalue weighted by atomic mass is 16.5. The van der Waals surface area contributed by atoms with Crippen LogP contribution in [0.1, 0.15) is 19.7 Å². The molecule has 0 saturated carbocycles. The summed E-state index contributed by atoms with van der Waals surface area (Å²) in [6.07, 6.45) is 3.35. The maximum atomic E-state index is 12.1. The number of nitrogens with zero attached hydrogens (tertiary/aromatic N) is 5. The predicted octanol–water partition coefficient (Wildman–Crippen LogP) is 2.03. The van der Waals surface area contributed by atoms with Crippen LogP contribution in [-0.4, -0.2) is 51.1 Å². The maximum Gasteiger partial charge on any atom is 0.320 e. The third-order valence-corrected chi connectivity index (χ3v) is 3.12. The van der Waals surface area contributed by atoms with Crippen molar-refractivity contribution in [3.05, 3.63) is 30.4 Å². The molecule has 7 nitrogen and oxygen atoms in total. The van der Waals surface area contributed by atoms with Crippen molar-refractivity contribution in [1.29, 1.82) is 0 Å². The second kappa shape index (κ2) is 6.83. The van der Waals surface area contributed by atoms with Crippen molar-refractivity contribution in [2.45, 2.75) is 20.4 Å². The number of aromatic nitrogens is 3. The van der Waals surface area contributed by atoms with Crippen molar-refractivity contribution < 1.29 is 9.32 Å². The molecule has 0 bridgehead atoms. The van der Waals surface area contributed by atoms with Crippen LogP contribution >= 0.6 is 0 Å². The standard InChI is InChI=1S/C14H19N5O2/c1-4-19(5-2)14(20)18(3)10-12-16-13(17-21-12)11-7-6-8-15-9-11/h6-9H,4-5,10H2,1-3H3. The molecule has 2 amide bonds. The number of rotatable bonds is 5. The number of pyridine rings is 1. The minimum absolute atomic E-state index is 0.0545. The SMILES string of the molecule is CCN(CC)C(=O)N(C)Cc1nc(-c2cccnc2)no1. The van der Waals surface area contributed by atoms with Crippen molar-refractivity contribution in [1.82, 2.24) is 24.9 Å². The molecule has 0 unspecified atom stereocenters. The largest absolute Gasteiger partial charge is 0.337 e. The smallest absolute Gasteiger partial charge is 0.320 e. The zero-order valence-electron chi connectivity index (χ0n) is 12.5. The van der Waals surface area contributed by atoms with Gasteiger partial charge in [-0.1, -0.05) is 5.16 Å². The topological polar surface area (TPSA) is 75.4 Å². The van der Waals surface area contributed by atoms with Gasteiger partial charge in [-0.05, 0) is 26.0 Å². The average molecular weight is 289 g/mol. The molecule has 2 rings (SSSR count). The van der Waals surface area contributed by atoms with Gasteiger partial charge in [-0.25, -0.2) is 4.79 Å². The third kappa shape index (κ3) is 3.56. The summed E-state index contributed by atoms with van der Waals surface area (Å²) in [5.41, 5.74) is 0.783. The van der Waals surface area contributed by atoms with Crippen molar-refractivity contribution >= 4 is 6.03 Å². The molecule has 112 valence electrons. The van der Waals surface area contributed by atoms with Crippen LogP contribution in [0.4, 0.5) is 4.79 Å². The number of carbonyl (C=O) groups excluding carboxylic acids is 1. The fourth-order valence-corrected chi connectivity index (χ4v) is 1.94. The molecule has 0 spiro atoms. The van der Waals surface area contributed by atoms with E-state index in [0.29, 0.717) is 24.8 Å². The summed E-state index contributed by atoms with van der Waals surface area (Å²) in [7, 11) is 1.72. The first-order chi connectivity index (χ1) is 10.2. The summed E-state index contributed by atoms with van der Waals surface area (Å²) >= 11 is 0. The molecule has 0 atom stereocenters. The van der Waals surface area contributed by atoms with Crippen molar-refractivity contribution in [3.63, 3.8) is 0 Å². The minimum Gasteiger partial charge on any atom is -0.337 e. The zero-order valence-corrected chi connectivity index (χ0v) is 12.5. The van der Waals surface area contributed by atoms with E-state index in [4.69, 9.17) is 4.52 Å². The lowest BCUT2D eigenvalue weighted by Gasteiger charge is -2.24. The highest BCUT2D eigenvalue weighted by Crippen LogP contribution is 2.14. The lowest BCUT2D eigenvalue weighted by Crippen LogP contribution is -2.40. The van der Waals surface area contributed by atoms with Crippen LogP contribution in [0.5, 0.6) is 0 Å². The van der Waals surface area contributed by atoms with Crippen LogP contribution in [0.15, 0.2) is 29.0 Å². The first kappa shape index (κ1) is 15.0. The van der Waals surface area contributed by atoms with Gasteiger partial charge in [0, 0.05) is 38.1 Å². The van der Waals surface area contributed by atoms with Gasteiger partial charge in [-0.2, -0.15) is 4.98 Å². The molecule has 0 fully saturated rings. The van der Waals surface area contributed by atoms with Crippen molar-refractivity contribution in [2.75, 3.05) is 20.1 Å². The molecule has 0 radical (unpaired) electrons. The van der Waals surface area contributed by atoms with E-state index in [9.17, 15) is 4.79 Å². The molecule has 0 aliphatic rings. The Morgan fingerprint density at radius 1 is 1.33 bits per heavy atom. The van der Waals surface area contributed by atoms with Gasteiger partial charge in [0.1, 0.15) is 6.54 Å². The summed E-state index contributed by atoms with van der Waals surface area (Å²) in [5, 5.41) is 3.91. The Hall–Kier alpha value is -2.44. The second-order valence-corrected chi connectivity index (χ2v) is 4.56. The third-order valence-electron chi connectivity index (χ3n) is 3.12. The maximum absolute atomic E-state index is 12.1. The highest BCUT2D eigenvalue weighted by Gasteiger charge is 2.18. The Morgan fingerprint density at radius 3 is 2.71 bits per heavy atom. The van der Waals surface area contributed by atoms with E-state index in [1.165, 1.54) is 0 Å². The van der Waals surface area contributed by atoms with Crippen LogP contribution in [-0.2, 0) is 6.54 Å². The number of hydrogen-bond acceptors (Lipinski definition) is 5. The Bertz CT molecular complexity index is 580. The minimum atomic E-state index is -0.0545. The molecule has 2 aromatic rings. The molecule has 7 heteroatoms. The van der Waals surface area contributed by atoms with Gasteiger partial charge < -0.3 is 14.3 Å². The normalized spacial score (nSPS) is 10.4. The number of urea groups is 1. The van der Waals surface area contributed by atoms with Gasteiger partial charge in [0.25, 0.3) is 0 Å². The quantitative estimate of drug-likeness (QED) is 0.841. The Morgan fingerprint density at radius 2 is 2.10 bits per heavy atom. The highest BCUT2D eigenvalue weighted by molar-refractivity contribution is 5.73. The Balaban J connectivity index is 2.04. The molecular weight excluding hydrogens is 270 g/mol. The molecule has 0 N–H and O–H groups in total. The summed E-state index contributed by atoms with van der Waals surface area (Å²) < 4.78 is 5.19. The average Bonchev–Trinajstić information content (AvgIpc) is 2.97. The van der Waals surface area contributed by atoms with Crippen LogP contribution in [0.2, 0.25) is 0 Å². The van der Waals surface area contributed by atoms with Crippen molar-refractivity contribution in [3.8, 4) is 11.4 Å². The molecule has 2 aromatic heterocycles. The predicted molar refractivity (Wildman–Crippen MR) is 77.3 cm³/mol. The first-order valence-corrected chi connectivity index (χ1v) is 6.88. The van der Waals surface area contributed by atoms with E-state index in [1.54, 1.807) is 35.3 Å². The van der Waals surface area contributed by atoms with E-state index >= 15 is 0 Å². The molecule has 2 heterocycles. The van der Waals surface area contributed by atoms with Gasteiger partial charge in [0.05, 0.1) is 0 Å². The Kier molecular flexibility index (Phi) is 4.86. The molecule has 0 aliphatic heterocycles. The summed E-state index contributed by atoms with van der Waals surface area (Å²) in [6, 6.07) is 3.61. The lowest BCUT2D eigenvalue weighted by atomic mass is 10.3. The number of hydrogen-bond donors (Lipinski definition) is 0. The number of amides is 2. The summed E-state index contributed by atoms with van der Waals surface area (Å²) in [5.74, 6) is 0.874. The Labute approximate surface area is 123 Å². The lowest BCUT2D eigenvalue weighted by molar-refractivity contribution is 0.160. The molecule has 0 aliphatic carbocycles. The van der Waals surface area contributed by atoms with E-state index in [-0.39, 0.29) is 12.6 Å². The number of carbonyl (C=O) groups is 1. The summed E-state index contributed by atoms with van der Waals surface area (Å²) in [4.78, 5) is 23.7. The van der Waals surface area contributed by atoms with E-state index in [0.717, 1.165) is 5.56 Å². The molecule has 21 heavy (non-hydrogen) atoms. The monoisotopic (exact) mass is 289 g/mol. The van der Waals surface area contributed by atoms with Crippen LogP contribution < -0.4 is 0 Å². The van der Waals surface area contributed by atoms with E-state index < -0.39 is 0 Å². The van der Waals surface area contributed by atoms with Gasteiger partial charge in [-0.15, -0.1) is 0 Å². The van der Waals surface area contributed by atoms with E-state index in [1.807, 2.05) is 19.9 Å². The van der Waals surface area contributed by atoms with Crippen molar-refractivity contribution in [2.24, 2.45) is 0 Å². The van der Waals surface area contributed by atoms with Gasteiger partial charge in [-0.3, -0.25) is 4.98 Å². The zero-order chi connectivity index (χ0) is 15.2. The molecule has 0 aromatic carbocycles.